The number of amides is 2. The topological polar surface area (TPSA) is 108 Å². The summed E-state index contributed by atoms with van der Waals surface area (Å²) in [5.41, 5.74) is 5.41. The molecule has 1 aromatic rings. The van der Waals surface area contributed by atoms with Crippen molar-refractivity contribution in [2.24, 2.45) is 0 Å². The van der Waals surface area contributed by atoms with E-state index in [0.717, 1.165) is 5.56 Å². The minimum absolute atomic E-state index is 0.0334. The van der Waals surface area contributed by atoms with Crippen molar-refractivity contribution in [3.8, 4) is 5.75 Å². The predicted octanol–water partition coefficient (Wildman–Crippen LogP) is 0.0404. The molecule has 0 aliphatic carbocycles. The maximum atomic E-state index is 11.5. The highest BCUT2D eigenvalue weighted by molar-refractivity contribution is 5.84. The molecule has 2 amide bonds. The summed E-state index contributed by atoms with van der Waals surface area (Å²) < 4.78 is 5.30. The number of rotatable bonds is 6. The summed E-state index contributed by atoms with van der Waals surface area (Å²) in [6.07, 6.45) is -0.671. The molecule has 0 bridgehead atoms. The molecule has 1 rings (SSSR count). The Morgan fingerprint density at radius 3 is 2.09 bits per heavy atom. The Kier molecular flexibility index (Phi) is 6.56. The standard InChI is InChI=1S/C16H22N2O5/c1-16(2,3)11-4-6-12(7-5-11)23-10-14(20)18-17-13(19)8-9-15(21)22/h4-7H,8-10H2,1-3H3,(H,17,19)(H,18,20)(H,21,22)/p-1. The molecule has 0 aromatic heterocycles. The van der Waals surface area contributed by atoms with Gasteiger partial charge in [-0.3, -0.25) is 20.4 Å². The smallest absolute Gasteiger partial charge is 0.276 e. The molecule has 0 saturated heterocycles. The van der Waals surface area contributed by atoms with Crippen molar-refractivity contribution < 1.29 is 24.2 Å². The first-order chi connectivity index (χ1) is 10.7. The molecule has 0 radical (unpaired) electrons. The van der Waals surface area contributed by atoms with Gasteiger partial charge >= 0.3 is 0 Å². The second-order valence-corrected chi connectivity index (χ2v) is 6.03. The van der Waals surface area contributed by atoms with E-state index >= 15 is 0 Å². The summed E-state index contributed by atoms with van der Waals surface area (Å²) in [7, 11) is 0. The zero-order valence-corrected chi connectivity index (χ0v) is 13.5. The molecule has 0 spiro atoms. The summed E-state index contributed by atoms with van der Waals surface area (Å²) in [5.74, 6) is -1.95. The van der Waals surface area contributed by atoms with Gasteiger partial charge in [0.2, 0.25) is 5.91 Å². The quantitative estimate of drug-likeness (QED) is 0.719. The van der Waals surface area contributed by atoms with Gasteiger partial charge in [-0.15, -0.1) is 0 Å². The van der Waals surface area contributed by atoms with E-state index in [-0.39, 0.29) is 18.4 Å². The zero-order chi connectivity index (χ0) is 17.5. The first-order valence-electron chi connectivity index (χ1n) is 7.19. The Bertz CT molecular complexity index is 561. The number of carboxylic acid groups (broad SMARTS) is 1. The highest BCUT2D eigenvalue weighted by atomic mass is 16.5. The van der Waals surface area contributed by atoms with Crippen LogP contribution in [0.4, 0.5) is 0 Å². The molecule has 0 aliphatic heterocycles. The lowest BCUT2D eigenvalue weighted by Gasteiger charge is -2.19. The van der Waals surface area contributed by atoms with Crippen LogP contribution in [0.15, 0.2) is 24.3 Å². The number of carbonyl (C=O) groups excluding carboxylic acids is 3. The van der Waals surface area contributed by atoms with Crippen molar-refractivity contribution >= 4 is 17.8 Å². The molecule has 1 aromatic carbocycles. The van der Waals surface area contributed by atoms with Crippen LogP contribution in [-0.4, -0.2) is 24.4 Å². The molecular weight excluding hydrogens is 300 g/mol. The zero-order valence-electron chi connectivity index (χ0n) is 13.5. The number of hydrazine groups is 1. The number of benzene rings is 1. The Labute approximate surface area is 135 Å². The van der Waals surface area contributed by atoms with Crippen molar-refractivity contribution in [1.29, 1.82) is 0 Å². The monoisotopic (exact) mass is 321 g/mol. The van der Waals surface area contributed by atoms with Gasteiger partial charge in [0.1, 0.15) is 5.75 Å². The first kappa shape index (κ1) is 18.5. The fraction of sp³-hybridized carbons (Fsp3) is 0.438. The SMILES string of the molecule is CC(C)(C)c1ccc(OCC(=O)NNC(=O)CCC(=O)[O-])cc1. The Morgan fingerprint density at radius 1 is 1.00 bits per heavy atom. The number of ether oxygens (including phenoxy) is 1. The van der Waals surface area contributed by atoms with E-state index < -0.39 is 24.2 Å². The second kappa shape index (κ2) is 8.17. The highest BCUT2D eigenvalue weighted by Crippen LogP contribution is 2.24. The van der Waals surface area contributed by atoms with Gasteiger partial charge in [0, 0.05) is 12.4 Å². The number of carboxylic acids is 1. The minimum atomic E-state index is -1.33. The van der Waals surface area contributed by atoms with Crippen LogP contribution in [0.3, 0.4) is 0 Å². The lowest BCUT2D eigenvalue weighted by Crippen LogP contribution is -2.44. The Balaban J connectivity index is 2.33. The molecule has 0 fully saturated rings. The average Bonchev–Trinajstić information content (AvgIpc) is 2.48. The van der Waals surface area contributed by atoms with Gasteiger partial charge < -0.3 is 14.6 Å². The maximum Gasteiger partial charge on any atom is 0.276 e. The molecule has 23 heavy (non-hydrogen) atoms. The third-order valence-corrected chi connectivity index (χ3v) is 2.99. The van der Waals surface area contributed by atoms with E-state index in [4.69, 9.17) is 4.74 Å². The van der Waals surface area contributed by atoms with Gasteiger partial charge in [-0.2, -0.15) is 0 Å². The highest BCUT2D eigenvalue weighted by Gasteiger charge is 2.13. The normalized spacial score (nSPS) is 10.7. The molecule has 126 valence electrons. The number of hydrogen-bond donors (Lipinski definition) is 2. The molecular formula is C16H21N2O5-. The van der Waals surface area contributed by atoms with E-state index in [9.17, 15) is 19.5 Å². The first-order valence-corrected chi connectivity index (χ1v) is 7.19. The largest absolute Gasteiger partial charge is 0.550 e. The molecule has 7 heteroatoms. The van der Waals surface area contributed by atoms with Gasteiger partial charge in [0.15, 0.2) is 6.61 Å². The predicted molar refractivity (Wildman–Crippen MR) is 81.2 cm³/mol. The lowest BCUT2D eigenvalue weighted by molar-refractivity contribution is -0.305. The van der Waals surface area contributed by atoms with Crippen molar-refractivity contribution in [2.75, 3.05) is 6.61 Å². The van der Waals surface area contributed by atoms with Crippen LogP contribution >= 0.6 is 0 Å². The van der Waals surface area contributed by atoms with Crippen LogP contribution in [0.1, 0.15) is 39.2 Å². The van der Waals surface area contributed by atoms with Crippen LogP contribution < -0.4 is 20.7 Å². The van der Waals surface area contributed by atoms with Crippen molar-refractivity contribution in [1.82, 2.24) is 10.9 Å². The minimum Gasteiger partial charge on any atom is -0.550 e. The van der Waals surface area contributed by atoms with E-state index in [1.807, 2.05) is 12.1 Å². The summed E-state index contributed by atoms with van der Waals surface area (Å²) >= 11 is 0. The molecule has 0 aliphatic rings. The van der Waals surface area contributed by atoms with Crippen molar-refractivity contribution in [2.45, 2.75) is 39.0 Å². The fourth-order valence-electron chi connectivity index (χ4n) is 1.65. The summed E-state index contributed by atoms with van der Waals surface area (Å²) in [6, 6.07) is 7.39. The molecule has 0 heterocycles. The molecule has 0 atom stereocenters. The third kappa shape index (κ3) is 7.30. The van der Waals surface area contributed by atoms with E-state index in [0.29, 0.717) is 5.75 Å². The summed E-state index contributed by atoms with van der Waals surface area (Å²) in [4.78, 5) is 32.9. The van der Waals surface area contributed by atoms with Crippen LogP contribution in [0.5, 0.6) is 5.75 Å². The van der Waals surface area contributed by atoms with Crippen molar-refractivity contribution in [3.63, 3.8) is 0 Å². The lowest BCUT2D eigenvalue weighted by atomic mass is 9.87. The van der Waals surface area contributed by atoms with Gasteiger partial charge in [0.05, 0.1) is 0 Å². The van der Waals surface area contributed by atoms with Gasteiger partial charge in [-0.1, -0.05) is 32.9 Å². The van der Waals surface area contributed by atoms with E-state index in [2.05, 4.69) is 31.6 Å². The van der Waals surface area contributed by atoms with Gasteiger partial charge in [0.25, 0.3) is 5.91 Å². The van der Waals surface area contributed by atoms with Gasteiger partial charge in [-0.05, 0) is 29.5 Å². The summed E-state index contributed by atoms with van der Waals surface area (Å²) in [6.45, 7) is 6.02. The van der Waals surface area contributed by atoms with Crippen LogP contribution in [0, 0.1) is 0 Å². The van der Waals surface area contributed by atoms with Crippen molar-refractivity contribution in [3.05, 3.63) is 29.8 Å². The number of aliphatic carboxylic acids is 1. The number of hydrogen-bond acceptors (Lipinski definition) is 5. The van der Waals surface area contributed by atoms with Gasteiger partial charge in [-0.25, -0.2) is 0 Å². The second-order valence-electron chi connectivity index (χ2n) is 6.03. The Morgan fingerprint density at radius 2 is 1.57 bits per heavy atom. The molecule has 2 N–H and O–H groups in total. The number of nitrogens with one attached hydrogen (secondary N) is 2. The molecule has 0 unspecified atom stereocenters. The van der Waals surface area contributed by atoms with E-state index in [1.54, 1.807) is 12.1 Å². The van der Waals surface area contributed by atoms with Crippen LogP contribution in [0.2, 0.25) is 0 Å². The maximum absolute atomic E-state index is 11.5. The fourth-order valence-corrected chi connectivity index (χ4v) is 1.65. The summed E-state index contributed by atoms with van der Waals surface area (Å²) in [5, 5.41) is 10.2. The molecule has 0 saturated carbocycles. The van der Waals surface area contributed by atoms with E-state index in [1.165, 1.54) is 0 Å². The third-order valence-electron chi connectivity index (χ3n) is 2.99. The Hall–Kier alpha value is -2.57. The van der Waals surface area contributed by atoms with Crippen LogP contribution in [-0.2, 0) is 19.8 Å². The average molecular weight is 321 g/mol. The number of carbonyl (C=O) groups is 3. The van der Waals surface area contributed by atoms with Crippen LogP contribution in [0.25, 0.3) is 0 Å². The molecule has 7 nitrogen and oxygen atoms in total.